The molecule has 0 saturated carbocycles. The van der Waals surface area contributed by atoms with Crippen LogP contribution < -0.4 is 0 Å². The molecular weight excluding hydrogens is 254 g/mol. The molecule has 18 heavy (non-hydrogen) atoms. The molecular formula is C14H14F2OS. The minimum Gasteiger partial charge on any atom is -0.384 e. The predicted octanol–water partition coefficient (Wildman–Crippen LogP) is 3.78. The molecule has 0 saturated heterocycles. The molecule has 2 rings (SSSR count). The van der Waals surface area contributed by atoms with Crippen molar-refractivity contribution in [3.63, 3.8) is 0 Å². The Bertz CT molecular complexity index is 540. The second kappa shape index (κ2) is 4.78. The minimum absolute atomic E-state index is 0.184. The van der Waals surface area contributed by atoms with Gasteiger partial charge in [-0.1, -0.05) is 0 Å². The van der Waals surface area contributed by atoms with Crippen LogP contribution in [-0.4, -0.2) is 5.11 Å². The number of aryl methyl sites for hydroxylation is 1. The highest BCUT2D eigenvalue weighted by Crippen LogP contribution is 2.32. The monoisotopic (exact) mass is 268 g/mol. The van der Waals surface area contributed by atoms with Gasteiger partial charge in [-0.2, -0.15) is 0 Å². The van der Waals surface area contributed by atoms with Gasteiger partial charge in [0, 0.05) is 17.4 Å². The summed E-state index contributed by atoms with van der Waals surface area (Å²) >= 11 is 1.45. The van der Waals surface area contributed by atoms with Crippen LogP contribution in [0.3, 0.4) is 0 Å². The van der Waals surface area contributed by atoms with E-state index >= 15 is 0 Å². The summed E-state index contributed by atoms with van der Waals surface area (Å²) in [5, 5.41) is 12.4. The lowest BCUT2D eigenvalue weighted by Crippen LogP contribution is -2.24. The van der Waals surface area contributed by atoms with Crippen LogP contribution in [0.25, 0.3) is 0 Å². The second-order valence-electron chi connectivity index (χ2n) is 4.66. The standard InChI is InChI=1S/C14H14F2OS/c1-9-3-4-18-13(9)14(2,17)8-10-5-11(15)7-12(16)6-10/h3-7,17H,8H2,1-2H3. The normalized spacial score (nSPS) is 14.5. The van der Waals surface area contributed by atoms with Gasteiger partial charge in [-0.25, -0.2) is 8.78 Å². The minimum atomic E-state index is -1.11. The molecule has 0 radical (unpaired) electrons. The number of aliphatic hydroxyl groups is 1. The molecule has 0 aliphatic carbocycles. The number of thiophene rings is 1. The summed E-state index contributed by atoms with van der Waals surface area (Å²) in [6.45, 7) is 3.57. The summed E-state index contributed by atoms with van der Waals surface area (Å²) < 4.78 is 26.2. The average molecular weight is 268 g/mol. The third-order valence-corrected chi connectivity index (χ3v) is 4.09. The molecule has 0 fully saturated rings. The van der Waals surface area contributed by atoms with Crippen molar-refractivity contribution < 1.29 is 13.9 Å². The van der Waals surface area contributed by atoms with E-state index in [-0.39, 0.29) is 6.42 Å². The SMILES string of the molecule is Cc1ccsc1C(C)(O)Cc1cc(F)cc(F)c1. The van der Waals surface area contributed by atoms with Crippen molar-refractivity contribution in [3.05, 3.63) is 57.3 Å². The highest BCUT2D eigenvalue weighted by Gasteiger charge is 2.27. The molecule has 0 bridgehead atoms. The Morgan fingerprint density at radius 1 is 1.22 bits per heavy atom. The lowest BCUT2D eigenvalue weighted by atomic mass is 9.93. The van der Waals surface area contributed by atoms with E-state index in [1.165, 1.54) is 23.5 Å². The van der Waals surface area contributed by atoms with Crippen LogP contribution in [0.2, 0.25) is 0 Å². The fraction of sp³-hybridized carbons (Fsp3) is 0.286. The molecule has 2 aromatic rings. The number of rotatable bonds is 3. The predicted molar refractivity (Wildman–Crippen MR) is 68.7 cm³/mol. The first-order valence-corrected chi connectivity index (χ1v) is 6.48. The summed E-state index contributed by atoms with van der Waals surface area (Å²) in [6, 6.07) is 5.25. The Morgan fingerprint density at radius 2 is 1.83 bits per heavy atom. The first-order chi connectivity index (χ1) is 8.38. The molecule has 1 aromatic heterocycles. The van der Waals surface area contributed by atoms with Gasteiger partial charge in [-0.05, 0) is 48.6 Å². The van der Waals surface area contributed by atoms with E-state index in [1.807, 2.05) is 18.4 Å². The Balaban J connectivity index is 2.30. The molecule has 0 spiro atoms. The molecule has 96 valence electrons. The molecule has 1 N–H and O–H groups in total. The first-order valence-electron chi connectivity index (χ1n) is 5.60. The zero-order valence-electron chi connectivity index (χ0n) is 10.2. The number of hydrogen-bond donors (Lipinski definition) is 1. The summed E-state index contributed by atoms with van der Waals surface area (Å²) in [5.74, 6) is -1.24. The largest absolute Gasteiger partial charge is 0.384 e. The van der Waals surface area contributed by atoms with E-state index in [4.69, 9.17) is 0 Å². The molecule has 1 unspecified atom stereocenters. The van der Waals surface area contributed by atoms with Gasteiger partial charge in [0.15, 0.2) is 0 Å². The van der Waals surface area contributed by atoms with Gasteiger partial charge < -0.3 is 5.11 Å². The fourth-order valence-electron chi connectivity index (χ4n) is 2.12. The lowest BCUT2D eigenvalue weighted by Gasteiger charge is -2.23. The van der Waals surface area contributed by atoms with Gasteiger partial charge in [0.1, 0.15) is 17.2 Å². The lowest BCUT2D eigenvalue weighted by molar-refractivity contribution is 0.0608. The maximum atomic E-state index is 13.1. The quantitative estimate of drug-likeness (QED) is 0.898. The first kappa shape index (κ1) is 13.2. The van der Waals surface area contributed by atoms with Crippen molar-refractivity contribution in [2.24, 2.45) is 0 Å². The third kappa shape index (κ3) is 2.76. The van der Waals surface area contributed by atoms with Crippen LogP contribution in [0.15, 0.2) is 29.6 Å². The van der Waals surface area contributed by atoms with Crippen LogP contribution in [0.5, 0.6) is 0 Å². The third-order valence-electron chi connectivity index (χ3n) is 2.82. The number of halogens is 2. The zero-order chi connectivity index (χ0) is 13.3. The van der Waals surface area contributed by atoms with Gasteiger partial charge in [-0.3, -0.25) is 0 Å². The van der Waals surface area contributed by atoms with E-state index in [9.17, 15) is 13.9 Å². The highest BCUT2D eigenvalue weighted by atomic mass is 32.1. The topological polar surface area (TPSA) is 20.2 Å². The molecule has 1 aromatic carbocycles. The van der Waals surface area contributed by atoms with E-state index in [0.29, 0.717) is 5.56 Å². The molecule has 0 amide bonds. The molecule has 0 aliphatic heterocycles. The second-order valence-corrected chi connectivity index (χ2v) is 5.58. The van der Waals surface area contributed by atoms with E-state index < -0.39 is 17.2 Å². The Morgan fingerprint density at radius 3 is 2.33 bits per heavy atom. The molecule has 1 nitrogen and oxygen atoms in total. The van der Waals surface area contributed by atoms with Crippen molar-refractivity contribution in [3.8, 4) is 0 Å². The van der Waals surface area contributed by atoms with Crippen molar-refractivity contribution in [1.82, 2.24) is 0 Å². The van der Waals surface area contributed by atoms with Crippen LogP contribution >= 0.6 is 11.3 Å². The Kier molecular flexibility index (Phi) is 3.50. The molecule has 1 atom stereocenters. The summed E-state index contributed by atoms with van der Waals surface area (Å²) in [6.07, 6.45) is 0.184. The maximum Gasteiger partial charge on any atom is 0.126 e. The maximum absolute atomic E-state index is 13.1. The van der Waals surface area contributed by atoms with Gasteiger partial charge in [-0.15, -0.1) is 11.3 Å². The van der Waals surface area contributed by atoms with Gasteiger partial charge in [0.2, 0.25) is 0 Å². The van der Waals surface area contributed by atoms with Crippen LogP contribution in [-0.2, 0) is 12.0 Å². The summed E-state index contributed by atoms with van der Waals surface area (Å²) in [7, 11) is 0. The van der Waals surface area contributed by atoms with Gasteiger partial charge >= 0.3 is 0 Å². The van der Waals surface area contributed by atoms with Crippen molar-refractivity contribution in [1.29, 1.82) is 0 Å². The zero-order valence-corrected chi connectivity index (χ0v) is 11.0. The van der Waals surface area contributed by atoms with E-state index in [1.54, 1.807) is 6.92 Å². The van der Waals surface area contributed by atoms with Crippen molar-refractivity contribution in [2.45, 2.75) is 25.9 Å². The van der Waals surface area contributed by atoms with Crippen LogP contribution in [0.4, 0.5) is 8.78 Å². The van der Waals surface area contributed by atoms with E-state index in [2.05, 4.69) is 0 Å². The number of hydrogen-bond acceptors (Lipinski definition) is 2. The van der Waals surface area contributed by atoms with E-state index in [0.717, 1.165) is 16.5 Å². The molecule has 1 heterocycles. The van der Waals surface area contributed by atoms with Gasteiger partial charge in [0.25, 0.3) is 0 Å². The van der Waals surface area contributed by atoms with Crippen molar-refractivity contribution >= 4 is 11.3 Å². The summed E-state index contributed by atoms with van der Waals surface area (Å²) in [5.41, 5.74) is 0.325. The molecule has 4 heteroatoms. The van der Waals surface area contributed by atoms with Crippen molar-refractivity contribution in [2.75, 3.05) is 0 Å². The average Bonchev–Trinajstić information content (AvgIpc) is 2.62. The Labute approximate surface area is 109 Å². The summed E-state index contributed by atoms with van der Waals surface area (Å²) in [4.78, 5) is 0.826. The fourth-order valence-corrected chi connectivity index (χ4v) is 3.10. The molecule has 0 aliphatic rings. The van der Waals surface area contributed by atoms with Crippen LogP contribution in [0, 0.1) is 18.6 Å². The number of benzene rings is 1. The smallest absolute Gasteiger partial charge is 0.126 e. The van der Waals surface area contributed by atoms with Gasteiger partial charge in [0.05, 0.1) is 0 Å². The van der Waals surface area contributed by atoms with Crippen LogP contribution in [0.1, 0.15) is 22.9 Å². The Hall–Kier alpha value is -1.26. The highest BCUT2D eigenvalue weighted by molar-refractivity contribution is 7.10.